The number of morpholine rings is 1. The second-order valence-electron chi connectivity index (χ2n) is 5.88. The number of nitro groups is 1. The Morgan fingerprint density at radius 1 is 1.57 bits per heavy atom. The third-order valence-electron chi connectivity index (χ3n) is 3.39. The molecule has 1 aliphatic rings. The first kappa shape index (κ1) is 15.8. The molecule has 0 aromatic heterocycles. The van der Waals surface area contributed by atoms with E-state index in [1.807, 2.05) is 18.7 Å². The van der Waals surface area contributed by atoms with Crippen LogP contribution in [-0.2, 0) is 11.3 Å². The number of aliphatic hydroxyl groups is 1. The lowest BCUT2D eigenvalue weighted by Crippen LogP contribution is -2.53. The molecule has 1 saturated heterocycles. The van der Waals surface area contributed by atoms with Gasteiger partial charge in [-0.1, -0.05) is 0 Å². The number of hydrogen-bond acceptors (Lipinski definition) is 5. The molecule has 0 radical (unpaired) electrons. The molecule has 0 spiro atoms. The molecule has 1 N–H and O–H groups in total. The standard InChI is InChI=1S/C14H19FN2O4/c1-14(2)9-16(7-12(8-18)21-14)6-10-5-11(15)3-4-13(10)17(19)20/h3-5,12,18H,6-9H2,1-2H3. The predicted molar refractivity (Wildman–Crippen MR) is 74.4 cm³/mol. The van der Waals surface area contributed by atoms with Gasteiger partial charge in [0.15, 0.2) is 0 Å². The Morgan fingerprint density at radius 2 is 2.29 bits per heavy atom. The van der Waals surface area contributed by atoms with E-state index in [0.29, 0.717) is 18.7 Å². The Morgan fingerprint density at radius 3 is 2.90 bits per heavy atom. The Bertz CT molecular complexity index is 536. The third-order valence-corrected chi connectivity index (χ3v) is 3.39. The first-order valence-corrected chi connectivity index (χ1v) is 6.74. The summed E-state index contributed by atoms with van der Waals surface area (Å²) in [4.78, 5) is 12.4. The average Bonchev–Trinajstić information content (AvgIpc) is 2.36. The number of nitro benzene ring substituents is 1. The minimum absolute atomic E-state index is 0.0961. The zero-order chi connectivity index (χ0) is 15.6. The Kier molecular flexibility index (Phi) is 4.55. The van der Waals surface area contributed by atoms with Crippen molar-refractivity contribution in [3.63, 3.8) is 0 Å². The van der Waals surface area contributed by atoms with Crippen molar-refractivity contribution < 1.29 is 19.2 Å². The largest absolute Gasteiger partial charge is 0.394 e. The zero-order valence-electron chi connectivity index (χ0n) is 12.1. The molecule has 0 saturated carbocycles. The quantitative estimate of drug-likeness (QED) is 0.676. The van der Waals surface area contributed by atoms with Crippen LogP contribution in [0.15, 0.2) is 18.2 Å². The van der Waals surface area contributed by atoms with Crippen LogP contribution in [0.2, 0.25) is 0 Å². The highest BCUT2D eigenvalue weighted by atomic mass is 19.1. The van der Waals surface area contributed by atoms with Gasteiger partial charge >= 0.3 is 0 Å². The molecule has 6 nitrogen and oxygen atoms in total. The molecule has 0 amide bonds. The molecule has 1 aromatic carbocycles. The van der Waals surface area contributed by atoms with Crippen LogP contribution < -0.4 is 0 Å². The maximum absolute atomic E-state index is 13.4. The van der Waals surface area contributed by atoms with E-state index in [1.165, 1.54) is 12.1 Å². The number of aliphatic hydroxyl groups excluding tert-OH is 1. The molecule has 116 valence electrons. The minimum atomic E-state index is -0.510. The molecule has 0 bridgehead atoms. The summed E-state index contributed by atoms with van der Waals surface area (Å²) in [7, 11) is 0. The second kappa shape index (κ2) is 6.05. The van der Waals surface area contributed by atoms with E-state index >= 15 is 0 Å². The van der Waals surface area contributed by atoms with Crippen LogP contribution >= 0.6 is 0 Å². The summed E-state index contributed by atoms with van der Waals surface area (Å²) in [5.41, 5.74) is -0.232. The second-order valence-corrected chi connectivity index (χ2v) is 5.88. The average molecular weight is 298 g/mol. The van der Waals surface area contributed by atoms with E-state index in [9.17, 15) is 19.6 Å². The first-order chi connectivity index (χ1) is 9.80. The topological polar surface area (TPSA) is 75.8 Å². The molecule has 2 rings (SSSR count). The Hall–Kier alpha value is -1.57. The van der Waals surface area contributed by atoms with Gasteiger partial charge in [-0.15, -0.1) is 0 Å². The normalized spacial score (nSPS) is 22.2. The van der Waals surface area contributed by atoms with Crippen LogP contribution in [0.3, 0.4) is 0 Å². The summed E-state index contributed by atoms with van der Waals surface area (Å²) < 4.78 is 19.0. The first-order valence-electron chi connectivity index (χ1n) is 6.74. The molecular weight excluding hydrogens is 279 g/mol. The lowest BCUT2D eigenvalue weighted by Gasteiger charge is -2.42. The predicted octanol–water partition coefficient (Wildman–Crippen LogP) is 1.71. The van der Waals surface area contributed by atoms with E-state index in [-0.39, 0.29) is 24.9 Å². The smallest absolute Gasteiger partial charge is 0.274 e. The number of hydrogen-bond donors (Lipinski definition) is 1. The van der Waals surface area contributed by atoms with E-state index in [1.54, 1.807) is 0 Å². The van der Waals surface area contributed by atoms with Crippen molar-refractivity contribution >= 4 is 5.69 Å². The summed E-state index contributed by atoms with van der Waals surface area (Å²) in [5.74, 6) is -0.498. The summed E-state index contributed by atoms with van der Waals surface area (Å²) in [6.45, 7) is 4.91. The molecule has 1 aromatic rings. The van der Waals surface area contributed by atoms with Crippen LogP contribution in [0.5, 0.6) is 0 Å². The molecule has 21 heavy (non-hydrogen) atoms. The highest BCUT2D eigenvalue weighted by Crippen LogP contribution is 2.26. The van der Waals surface area contributed by atoms with Crippen LogP contribution in [0, 0.1) is 15.9 Å². The maximum Gasteiger partial charge on any atom is 0.274 e. The van der Waals surface area contributed by atoms with Crippen LogP contribution in [0.25, 0.3) is 0 Å². The lowest BCUT2D eigenvalue weighted by atomic mass is 10.0. The molecular formula is C14H19FN2O4. The van der Waals surface area contributed by atoms with E-state index in [2.05, 4.69) is 0 Å². The maximum atomic E-state index is 13.4. The van der Waals surface area contributed by atoms with E-state index < -0.39 is 16.3 Å². The monoisotopic (exact) mass is 298 g/mol. The van der Waals surface area contributed by atoms with Gasteiger partial charge in [-0.3, -0.25) is 15.0 Å². The third kappa shape index (κ3) is 3.96. The molecule has 1 atom stereocenters. The van der Waals surface area contributed by atoms with Gasteiger partial charge < -0.3 is 9.84 Å². The van der Waals surface area contributed by atoms with Gasteiger partial charge in [-0.2, -0.15) is 0 Å². The fourth-order valence-electron chi connectivity index (χ4n) is 2.73. The van der Waals surface area contributed by atoms with E-state index in [0.717, 1.165) is 6.07 Å². The van der Waals surface area contributed by atoms with E-state index in [4.69, 9.17) is 4.74 Å². The highest BCUT2D eigenvalue weighted by Gasteiger charge is 2.33. The van der Waals surface area contributed by atoms with Gasteiger partial charge in [-0.25, -0.2) is 4.39 Å². The molecule has 1 heterocycles. The van der Waals surface area contributed by atoms with Crippen molar-refractivity contribution in [1.82, 2.24) is 4.90 Å². The molecule has 1 aliphatic heterocycles. The SMILES string of the molecule is CC1(C)CN(Cc2cc(F)ccc2[N+](=O)[O-])CC(CO)O1. The van der Waals surface area contributed by atoms with Crippen molar-refractivity contribution in [3.05, 3.63) is 39.7 Å². The summed E-state index contributed by atoms with van der Waals surface area (Å²) in [6.07, 6.45) is -0.346. The minimum Gasteiger partial charge on any atom is -0.394 e. The van der Waals surface area contributed by atoms with Gasteiger partial charge in [0.1, 0.15) is 5.82 Å². The fraction of sp³-hybridized carbons (Fsp3) is 0.571. The van der Waals surface area contributed by atoms with Crippen molar-refractivity contribution in [3.8, 4) is 0 Å². The number of nitrogens with zero attached hydrogens (tertiary/aromatic N) is 2. The Labute approximate surface area is 122 Å². The van der Waals surface area contributed by atoms with Crippen LogP contribution in [0.4, 0.5) is 10.1 Å². The fourth-order valence-corrected chi connectivity index (χ4v) is 2.73. The highest BCUT2D eigenvalue weighted by molar-refractivity contribution is 5.40. The number of rotatable bonds is 4. The molecule has 1 fully saturated rings. The van der Waals surface area contributed by atoms with Crippen molar-refractivity contribution in [2.75, 3.05) is 19.7 Å². The zero-order valence-corrected chi connectivity index (χ0v) is 12.1. The number of halogens is 1. The molecule has 0 aliphatic carbocycles. The summed E-state index contributed by atoms with van der Waals surface area (Å²) >= 11 is 0. The summed E-state index contributed by atoms with van der Waals surface area (Å²) in [5, 5.41) is 20.3. The van der Waals surface area contributed by atoms with Crippen LogP contribution in [0.1, 0.15) is 19.4 Å². The van der Waals surface area contributed by atoms with Crippen LogP contribution in [-0.4, -0.2) is 46.3 Å². The number of ether oxygens (including phenoxy) is 1. The number of benzene rings is 1. The van der Waals surface area contributed by atoms with Crippen molar-refractivity contribution in [2.24, 2.45) is 0 Å². The summed E-state index contributed by atoms with van der Waals surface area (Å²) in [6, 6.07) is 3.45. The molecule has 7 heteroatoms. The van der Waals surface area contributed by atoms with Gasteiger partial charge in [-0.05, 0) is 26.0 Å². The van der Waals surface area contributed by atoms with Crippen molar-refractivity contribution in [2.45, 2.75) is 32.1 Å². The lowest BCUT2D eigenvalue weighted by molar-refractivity contribution is -0.385. The van der Waals surface area contributed by atoms with Gasteiger partial charge in [0.2, 0.25) is 0 Å². The van der Waals surface area contributed by atoms with Gasteiger partial charge in [0.25, 0.3) is 5.69 Å². The van der Waals surface area contributed by atoms with Crippen molar-refractivity contribution in [1.29, 1.82) is 0 Å². The van der Waals surface area contributed by atoms with Gasteiger partial charge in [0.05, 0.1) is 23.2 Å². The van der Waals surface area contributed by atoms with Gasteiger partial charge in [0, 0.05) is 31.3 Å². The molecule has 1 unspecified atom stereocenters. The Balaban J connectivity index is 2.21.